The topological polar surface area (TPSA) is 60.2 Å². The van der Waals surface area contributed by atoms with E-state index in [2.05, 4.69) is 15.0 Å². The van der Waals surface area contributed by atoms with E-state index in [-0.39, 0.29) is 12.6 Å². The third-order valence-electron chi connectivity index (χ3n) is 2.49. The van der Waals surface area contributed by atoms with Gasteiger partial charge in [-0.25, -0.2) is 0 Å². The monoisotopic (exact) mass is 277 g/mol. The van der Waals surface area contributed by atoms with Crippen LogP contribution in [0.4, 0.5) is 18.9 Å². The largest absolute Gasteiger partial charge is 0.411 e. The molecule has 0 amide bonds. The van der Waals surface area contributed by atoms with Crippen LogP contribution in [-0.2, 0) is 11.2 Å². The van der Waals surface area contributed by atoms with Crippen LogP contribution >= 0.6 is 0 Å². The zero-order chi connectivity index (χ0) is 14.3. The highest BCUT2D eigenvalue weighted by molar-refractivity contribution is 5.44. The van der Waals surface area contributed by atoms with E-state index in [1.54, 1.807) is 18.5 Å². The Hall–Kier alpha value is -1.34. The Morgan fingerprint density at radius 2 is 2.21 bits per heavy atom. The van der Waals surface area contributed by atoms with E-state index in [0.29, 0.717) is 18.7 Å². The van der Waals surface area contributed by atoms with Crippen LogP contribution in [0.2, 0.25) is 0 Å². The van der Waals surface area contributed by atoms with Gasteiger partial charge in [0.2, 0.25) is 0 Å². The number of nitrogens with one attached hydrogen (secondary N) is 1. The van der Waals surface area contributed by atoms with Gasteiger partial charge in [0.1, 0.15) is 6.61 Å². The van der Waals surface area contributed by atoms with Crippen molar-refractivity contribution in [1.29, 1.82) is 0 Å². The fourth-order valence-electron chi connectivity index (χ4n) is 1.67. The first kappa shape index (κ1) is 15.7. The van der Waals surface area contributed by atoms with Crippen LogP contribution in [0, 0.1) is 0 Å². The van der Waals surface area contributed by atoms with Gasteiger partial charge in [-0.15, -0.1) is 0 Å². The molecule has 4 nitrogen and oxygen atoms in total. The summed E-state index contributed by atoms with van der Waals surface area (Å²) in [5.74, 6) is 0. The molecule has 0 aliphatic heterocycles. The molecule has 1 unspecified atom stereocenters. The van der Waals surface area contributed by atoms with Crippen molar-refractivity contribution in [3.05, 3.63) is 24.0 Å². The Morgan fingerprint density at radius 1 is 1.47 bits per heavy atom. The lowest BCUT2D eigenvalue weighted by molar-refractivity contribution is -0.175. The number of aromatic nitrogens is 1. The van der Waals surface area contributed by atoms with E-state index in [1.165, 1.54) is 0 Å². The van der Waals surface area contributed by atoms with Gasteiger partial charge in [-0.05, 0) is 24.6 Å². The third kappa shape index (κ3) is 6.40. The van der Waals surface area contributed by atoms with Crippen molar-refractivity contribution in [1.82, 2.24) is 10.3 Å². The molecule has 0 aliphatic carbocycles. The zero-order valence-corrected chi connectivity index (χ0v) is 10.7. The Kier molecular flexibility index (Phi) is 6.04. The molecule has 3 N–H and O–H groups in total. The van der Waals surface area contributed by atoms with E-state index in [4.69, 9.17) is 5.73 Å². The van der Waals surface area contributed by atoms with Crippen molar-refractivity contribution in [2.45, 2.75) is 25.6 Å². The van der Waals surface area contributed by atoms with Crippen molar-refractivity contribution in [3.8, 4) is 0 Å². The maximum atomic E-state index is 12.0. The first-order valence-corrected chi connectivity index (χ1v) is 5.98. The minimum absolute atomic E-state index is 0.0261. The summed E-state index contributed by atoms with van der Waals surface area (Å²) in [4.78, 5) is 3.95. The van der Waals surface area contributed by atoms with Gasteiger partial charge in [0.05, 0.1) is 6.61 Å². The van der Waals surface area contributed by atoms with Gasteiger partial charge < -0.3 is 15.8 Å². The lowest BCUT2D eigenvalue weighted by Crippen LogP contribution is -2.36. The van der Waals surface area contributed by atoms with Gasteiger partial charge in [-0.3, -0.25) is 4.98 Å². The summed E-state index contributed by atoms with van der Waals surface area (Å²) in [6.45, 7) is 1.25. The Balaban J connectivity index is 2.51. The number of nitrogens with two attached hydrogens (primary N) is 1. The molecule has 1 aromatic heterocycles. The summed E-state index contributed by atoms with van der Waals surface area (Å²) in [5.41, 5.74) is 7.15. The van der Waals surface area contributed by atoms with E-state index >= 15 is 0 Å². The number of hydrogen-bond acceptors (Lipinski definition) is 4. The molecule has 1 heterocycles. The molecule has 108 valence electrons. The highest BCUT2D eigenvalue weighted by atomic mass is 19.4. The molecule has 0 saturated heterocycles. The van der Waals surface area contributed by atoms with Crippen LogP contribution in [0.15, 0.2) is 18.5 Å². The number of pyridine rings is 1. The first-order valence-electron chi connectivity index (χ1n) is 5.98. The van der Waals surface area contributed by atoms with Crippen LogP contribution in [0.25, 0.3) is 0 Å². The summed E-state index contributed by atoms with van der Waals surface area (Å²) in [6.07, 6.45) is -0.639. The fourth-order valence-corrected chi connectivity index (χ4v) is 1.67. The van der Waals surface area contributed by atoms with Gasteiger partial charge in [-0.1, -0.05) is 6.92 Å². The van der Waals surface area contributed by atoms with E-state index in [1.807, 2.05) is 6.92 Å². The van der Waals surface area contributed by atoms with Crippen LogP contribution in [0.3, 0.4) is 0 Å². The molecule has 0 spiro atoms. The zero-order valence-electron chi connectivity index (χ0n) is 10.7. The highest BCUT2D eigenvalue weighted by Gasteiger charge is 2.27. The second kappa shape index (κ2) is 7.30. The number of rotatable bonds is 7. The minimum Gasteiger partial charge on any atom is -0.398 e. The molecule has 1 rings (SSSR count). The average molecular weight is 277 g/mol. The molecular formula is C12H18F3N3O. The van der Waals surface area contributed by atoms with Crippen LogP contribution in [-0.4, -0.2) is 37.0 Å². The Morgan fingerprint density at radius 3 is 2.79 bits per heavy atom. The Bertz CT molecular complexity index is 385. The molecule has 0 saturated carbocycles. The number of alkyl halides is 3. The van der Waals surface area contributed by atoms with Gasteiger partial charge in [0.25, 0.3) is 0 Å². The fraction of sp³-hybridized carbons (Fsp3) is 0.583. The van der Waals surface area contributed by atoms with Gasteiger partial charge in [-0.2, -0.15) is 13.2 Å². The van der Waals surface area contributed by atoms with Gasteiger partial charge in [0, 0.05) is 24.1 Å². The molecule has 1 aromatic rings. The number of nitrogens with zero attached hydrogens (tertiary/aromatic N) is 1. The lowest BCUT2D eigenvalue weighted by atomic mass is 10.1. The van der Waals surface area contributed by atoms with Crippen molar-refractivity contribution in [2.75, 3.05) is 25.5 Å². The highest BCUT2D eigenvalue weighted by Crippen LogP contribution is 2.15. The second-order valence-corrected chi connectivity index (χ2v) is 4.16. The smallest absolute Gasteiger partial charge is 0.398 e. The molecule has 0 radical (unpaired) electrons. The summed E-state index contributed by atoms with van der Waals surface area (Å²) < 4.78 is 40.7. The number of likely N-dealkylation sites (N-methyl/N-ethyl adjacent to an activating group) is 1. The number of nitrogen functional groups attached to an aromatic ring is 1. The number of hydrogen-bond donors (Lipinski definition) is 2. The quantitative estimate of drug-likeness (QED) is 0.797. The summed E-state index contributed by atoms with van der Waals surface area (Å²) >= 11 is 0. The standard InChI is InChI=1S/C12H18F3N3O/c1-2-18-10(7-19-8-12(13,14)15)5-9-6-17-4-3-11(9)16/h3-4,6,10,18H,2,5,7-8H2,1H3,(H2,16,17). The van der Waals surface area contributed by atoms with Crippen LogP contribution in [0.5, 0.6) is 0 Å². The van der Waals surface area contributed by atoms with E-state index in [0.717, 1.165) is 5.56 Å². The van der Waals surface area contributed by atoms with Crippen LogP contribution in [0.1, 0.15) is 12.5 Å². The summed E-state index contributed by atoms with van der Waals surface area (Å²) in [5, 5.41) is 3.07. The SMILES string of the molecule is CCNC(COCC(F)(F)F)Cc1cnccc1N. The molecule has 0 aromatic carbocycles. The predicted octanol–water partition coefficient (Wildman–Crippen LogP) is 1.76. The predicted molar refractivity (Wildman–Crippen MR) is 66.7 cm³/mol. The maximum Gasteiger partial charge on any atom is 0.411 e. The number of halogens is 3. The first-order chi connectivity index (χ1) is 8.92. The Labute approximate surface area is 110 Å². The minimum atomic E-state index is -4.30. The molecule has 0 fully saturated rings. The summed E-state index contributed by atoms with van der Waals surface area (Å²) in [6, 6.07) is 1.44. The van der Waals surface area contributed by atoms with Gasteiger partial charge in [0.15, 0.2) is 0 Å². The molecule has 19 heavy (non-hydrogen) atoms. The van der Waals surface area contributed by atoms with E-state index < -0.39 is 12.8 Å². The van der Waals surface area contributed by atoms with Crippen molar-refractivity contribution in [3.63, 3.8) is 0 Å². The molecule has 1 atom stereocenters. The second-order valence-electron chi connectivity index (χ2n) is 4.16. The molecule has 0 aliphatic rings. The molecule has 0 bridgehead atoms. The van der Waals surface area contributed by atoms with Crippen molar-refractivity contribution in [2.24, 2.45) is 0 Å². The van der Waals surface area contributed by atoms with Crippen molar-refractivity contribution >= 4 is 5.69 Å². The number of anilines is 1. The molecule has 7 heteroatoms. The van der Waals surface area contributed by atoms with E-state index in [9.17, 15) is 13.2 Å². The van der Waals surface area contributed by atoms with Crippen molar-refractivity contribution < 1.29 is 17.9 Å². The third-order valence-corrected chi connectivity index (χ3v) is 2.49. The maximum absolute atomic E-state index is 12.0. The number of ether oxygens (including phenoxy) is 1. The lowest BCUT2D eigenvalue weighted by Gasteiger charge is -2.19. The summed E-state index contributed by atoms with van der Waals surface area (Å²) in [7, 11) is 0. The normalized spacial score (nSPS) is 13.5. The molecular weight excluding hydrogens is 259 g/mol. The van der Waals surface area contributed by atoms with Gasteiger partial charge >= 0.3 is 6.18 Å². The van der Waals surface area contributed by atoms with Crippen LogP contribution < -0.4 is 11.1 Å². The average Bonchev–Trinajstić information content (AvgIpc) is 2.30.